The Bertz CT molecular complexity index is 416. The van der Waals surface area contributed by atoms with E-state index in [1.54, 1.807) is 0 Å². The summed E-state index contributed by atoms with van der Waals surface area (Å²) in [4.78, 5) is 12.1. The second kappa shape index (κ2) is 4.49. The summed E-state index contributed by atoms with van der Waals surface area (Å²) in [6.07, 6.45) is 2.63. The van der Waals surface area contributed by atoms with Crippen molar-refractivity contribution in [2.45, 2.75) is 38.7 Å². The van der Waals surface area contributed by atoms with Gasteiger partial charge in [-0.05, 0) is 44.2 Å². The molecule has 0 saturated heterocycles. The molecule has 0 spiro atoms. The first-order valence-corrected chi connectivity index (χ1v) is 6.09. The molecule has 0 unspecified atom stereocenters. The molecule has 92 valence electrons. The van der Waals surface area contributed by atoms with E-state index in [2.05, 4.69) is 5.32 Å². The van der Waals surface area contributed by atoms with Crippen LogP contribution in [-0.4, -0.2) is 23.2 Å². The minimum Gasteiger partial charge on any atom is -0.388 e. The number of benzene rings is 1. The molecule has 1 fully saturated rings. The minimum absolute atomic E-state index is 0.0825. The Morgan fingerprint density at radius 2 is 1.94 bits per heavy atom. The third kappa shape index (κ3) is 2.50. The predicted octanol–water partition coefficient (Wildman–Crippen LogP) is 1.95. The van der Waals surface area contributed by atoms with Gasteiger partial charge >= 0.3 is 0 Å². The number of carbonyl (C=O) groups excluding carboxylic acids is 1. The summed E-state index contributed by atoms with van der Waals surface area (Å²) in [6.45, 7) is 4.22. The summed E-state index contributed by atoms with van der Waals surface area (Å²) < 4.78 is 0. The summed E-state index contributed by atoms with van der Waals surface area (Å²) in [7, 11) is 0. The molecule has 3 nitrogen and oxygen atoms in total. The molecule has 0 bridgehead atoms. The van der Waals surface area contributed by atoms with E-state index in [0.717, 1.165) is 36.0 Å². The molecular weight excluding hydrogens is 214 g/mol. The number of carbonyl (C=O) groups is 1. The number of rotatable bonds is 3. The number of aliphatic hydroxyl groups is 1. The normalized spacial score (nSPS) is 17.4. The van der Waals surface area contributed by atoms with Crippen molar-refractivity contribution in [2.24, 2.45) is 0 Å². The van der Waals surface area contributed by atoms with Gasteiger partial charge in [0.25, 0.3) is 5.91 Å². The Balaban J connectivity index is 2.04. The maximum Gasteiger partial charge on any atom is 0.251 e. The molecule has 1 aliphatic rings. The lowest BCUT2D eigenvalue weighted by atomic mass is 9.80. The van der Waals surface area contributed by atoms with E-state index in [1.165, 1.54) is 0 Å². The predicted molar refractivity (Wildman–Crippen MR) is 67.1 cm³/mol. The van der Waals surface area contributed by atoms with Gasteiger partial charge in [-0.1, -0.05) is 18.2 Å². The lowest BCUT2D eigenvalue weighted by Gasteiger charge is -2.36. The molecular formula is C14H19NO2. The van der Waals surface area contributed by atoms with Crippen molar-refractivity contribution in [3.8, 4) is 0 Å². The van der Waals surface area contributed by atoms with Crippen LogP contribution in [0.3, 0.4) is 0 Å². The van der Waals surface area contributed by atoms with Gasteiger partial charge in [0.15, 0.2) is 0 Å². The fourth-order valence-corrected chi connectivity index (χ4v) is 2.27. The van der Waals surface area contributed by atoms with Crippen LogP contribution in [0.4, 0.5) is 0 Å². The lowest BCUT2D eigenvalue weighted by molar-refractivity contribution is -0.0300. The summed E-state index contributed by atoms with van der Waals surface area (Å²) >= 11 is 0. The first-order chi connectivity index (χ1) is 8.02. The van der Waals surface area contributed by atoms with Crippen LogP contribution < -0.4 is 5.32 Å². The Hall–Kier alpha value is -1.35. The number of amides is 1. The summed E-state index contributed by atoms with van der Waals surface area (Å²) in [6, 6.07) is 5.81. The lowest BCUT2D eigenvalue weighted by Crippen LogP contribution is -2.47. The molecule has 0 heterocycles. The number of hydrogen-bond acceptors (Lipinski definition) is 2. The zero-order chi connectivity index (χ0) is 12.5. The smallest absolute Gasteiger partial charge is 0.251 e. The number of nitrogens with one attached hydrogen (secondary N) is 1. The molecule has 2 rings (SSSR count). The molecule has 0 atom stereocenters. The largest absolute Gasteiger partial charge is 0.388 e. The first-order valence-electron chi connectivity index (χ1n) is 6.09. The molecule has 1 aliphatic carbocycles. The second-order valence-electron chi connectivity index (χ2n) is 5.03. The van der Waals surface area contributed by atoms with E-state index in [1.807, 2.05) is 32.0 Å². The van der Waals surface area contributed by atoms with E-state index in [-0.39, 0.29) is 5.91 Å². The van der Waals surface area contributed by atoms with Crippen LogP contribution in [0.5, 0.6) is 0 Å². The van der Waals surface area contributed by atoms with Gasteiger partial charge < -0.3 is 10.4 Å². The van der Waals surface area contributed by atoms with E-state index in [4.69, 9.17) is 0 Å². The van der Waals surface area contributed by atoms with Crippen molar-refractivity contribution in [1.29, 1.82) is 0 Å². The molecule has 1 saturated carbocycles. The standard InChI is InChI=1S/C14H19NO2/c1-10-5-3-6-11(2)12(10)13(16)15-9-14(17)7-4-8-14/h3,5-6,17H,4,7-9H2,1-2H3,(H,15,16). The highest BCUT2D eigenvalue weighted by atomic mass is 16.3. The summed E-state index contributed by atoms with van der Waals surface area (Å²) in [5, 5.41) is 12.8. The van der Waals surface area contributed by atoms with Crippen molar-refractivity contribution in [3.05, 3.63) is 34.9 Å². The average Bonchev–Trinajstić information content (AvgIpc) is 2.23. The molecule has 2 N–H and O–H groups in total. The third-order valence-electron chi connectivity index (χ3n) is 3.57. The maximum atomic E-state index is 12.1. The zero-order valence-electron chi connectivity index (χ0n) is 10.4. The molecule has 3 heteroatoms. The Labute approximate surface area is 102 Å². The van der Waals surface area contributed by atoms with Crippen molar-refractivity contribution < 1.29 is 9.90 Å². The van der Waals surface area contributed by atoms with Gasteiger partial charge in [-0.3, -0.25) is 4.79 Å². The van der Waals surface area contributed by atoms with Gasteiger partial charge in [-0.25, -0.2) is 0 Å². The number of aryl methyl sites for hydroxylation is 2. The van der Waals surface area contributed by atoms with Gasteiger partial charge in [-0.15, -0.1) is 0 Å². The topological polar surface area (TPSA) is 49.3 Å². The van der Waals surface area contributed by atoms with E-state index in [0.29, 0.717) is 6.54 Å². The van der Waals surface area contributed by atoms with Crippen LogP contribution in [0.15, 0.2) is 18.2 Å². The molecule has 0 aliphatic heterocycles. The van der Waals surface area contributed by atoms with Crippen molar-refractivity contribution in [1.82, 2.24) is 5.32 Å². The molecule has 0 radical (unpaired) electrons. The van der Waals surface area contributed by atoms with Crippen LogP contribution in [-0.2, 0) is 0 Å². The van der Waals surface area contributed by atoms with Crippen LogP contribution in [0, 0.1) is 13.8 Å². The molecule has 1 aromatic carbocycles. The Morgan fingerprint density at radius 1 is 1.35 bits per heavy atom. The highest BCUT2D eigenvalue weighted by molar-refractivity contribution is 5.97. The second-order valence-corrected chi connectivity index (χ2v) is 5.03. The van der Waals surface area contributed by atoms with E-state index in [9.17, 15) is 9.90 Å². The third-order valence-corrected chi connectivity index (χ3v) is 3.57. The highest BCUT2D eigenvalue weighted by Crippen LogP contribution is 2.30. The highest BCUT2D eigenvalue weighted by Gasteiger charge is 2.34. The van der Waals surface area contributed by atoms with Crippen LogP contribution in [0.25, 0.3) is 0 Å². The fraction of sp³-hybridized carbons (Fsp3) is 0.500. The number of hydrogen-bond donors (Lipinski definition) is 2. The van der Waals surface area contributed by atoms with Crippen LogP contribution >= 0.6 is 0 Å². The quantitative estimate of drug-likeness (QED) is 0.838. The van der Waals surface area contributed by atoms with Gasteiger partial charge in [-0.2, -0.15) is 0 Å². The summed E-state index contributed by atoms with van der Waals surface area (Å²) in [5.74, 6) is -0.0825. The van der Waals surface area contributed by atoms with Gasteiger partial charge in [0.05, 0.1) is 5.60 Å². The molecule has 1 amide bonds. The Kier molecular flexibility index (Phi) is 3.20. The molecule has 1 aromatic rings. The fourth-order valence-electron chi connectivity index (χ4n) is 2.27. The van der Waals surface area contributed by atoms with Crippen LogP contribution in [0.2, 0.25) is 0 Å². The average molecular weight is 233 g/mol. The van der Waals surface area contributed by atoms with Crippen molar-refractivity contribution >= 4 is 5.91 Å². The zero-order valence-corrected chi connectivity index (χ0v) is 10.4. The maximum absolute atomic E-state index is 12.1. The van der Waals surface area contributed by atoms with Crippen molar-refractivity contribution in [2.75, 3.05) is 6.54 Å². The SMILES string of the molecule is Cc1cccc(C)c1C(=O)NCC1(O)CCC1. The van der Waals surface area contributed by atoms with Crippen LogP contribution in [0.1, 0.15) is 40.7 Å². The molecule has 17 heavy (non-hydrogen) atoms. The Morgan fingerprint density at radius 3 is 2.41 bits per heavy atom. The van der Waals surface area contributed by atoms with E-state index < -0.39 is 5.60 Å². The molecule has 0 aromatic heterocycles. The van der Waals surface area contributed by atoms with Gasteiger partial charge in [0, 0.05) is 12.1 Å². The minimum atomic E-state index is -0.660. The summed E-state index contributed by atoms with van der Waals surface area (Å²) in [5.41, 5.74) is 2.02. The monoisotopic (exact) mass is 233 g/mol. The van der Waals surface area contributed by atoms with Gasteiger partial charge in [0.2, 0.25) is 0 Å². The van der Waals surface area contributed by atoms with E-state index >= 15 is 0 Å². The van der Waals surface area contributed by atoms with Gasteiger partial charge in [0.1, 0.15) is 0 Å². The first kappa shape index (κ1) is 12.1. The van der Waals surface area contributed by atoms with Crippen molar-refractivity contribution in [3.63, 3.8) is 0 Å².